The summed E-state index contributed by atoms with van der Waals surface area (Å²) < 4.78 is 10.3. The number of nitrogens with two attached hydrogens (primary N) is 1. The van der Waals surface area contributed by atoms with Crippen LogP contribution in [0.1, 0.15) is 43.0 Å². The molecule has 0 spiro atoms. The number of nitrogens with zero attached hydrogens (tertiary/aromatic N) is 7. The van der Waals surface area contributed by atoms with Crippen molar-refractivity contribution in [3.63, 3.8) is 0 Å². The standard InChI is InChI=1S/C36H43N9O2/c1-22-6-10-26(37)21-44(22)36(46)25-17-29-32(31(19-25)47-3)42(2)35(41-29)30-18-24-9-11-28(40-33(24)45(30)20-23-7-8-23)27-5-4-12-39-34(27)43-15-13-38-14-16-43/h4-5,9,11-12,17-19,22-23,26,38H,6-8,10,13-16,20-21,37H2,1-3H3/t22-,26+/m0/s1. The van der Waals surface area contributed by atoms with E-state index in [0.717, 1.165) is 96.2 Å². The van der Waals surface area contributed by atoms with Gasteiger partial charge in [-0.25, -0.2) is 15.0 Å². The molecule has 2 aliphatic heterocycles. The van der Waals surface area contributed by atoms with Crippen molar-refractivity contribution in [2.75, 3.05) is 44.7 Å². The quantitative estimate of drug-likeness (QED) is 0.270. The molecule has 0 bridgehead atoms. The number of carbonyl (C=O) groups is 1. The van der Waals surface area contributed by atoms with E-state index in [0.29, 0.717) is 23.8 Å². The number of aromatic nitrogens is 5. The van der Waals surface area contributed by atoms with Crippen molar-refractivity contribution in [3.8, 4) is 28.5 Å². The molecule has 244 valence electrons. The summed E-state index contributed by atoms with van der Waals surface area (Å²) in [6.07, 6.45) is 6.14. The number of benzene rings is 1. The van der Waals surface area contributed by atoms with Gasteiger partial charge in [-0.3, -0.25) is 4.79 Å². The smallest absolute Gasteiger partial charge is 0.254 e. The zero-order valence-corrected chi connectivity index (χ0v) is 27.4. The molecule has 6 heterocycles. The molecule has 5 aromatic rings. The van der Waals surface area contributed by atoms with Gasteiger partial charge in [0.2, 0.25) is 0 Å². The van der Waals surface area contributed by atoms with Crippen LogP contribution in [0.5, 0.6) is 5.75 Å². The largest absolute Gasteiger partial charge is 0.494 e. The number of anilines is 1. The second-order valence-corrected chi connectivity index (χ2v) is 13.5. The number of pyridine rings is 2. The first-order valence-corrected chi connectivity index (χ1v) is 16.9. The predicted molar refractivity (Wildman–Crippen MR) is 185 cm³/mol. The highest BCUT2D eigenvalue weighted by Crippen LogP contribution is 2.39. The van der Waals surface area contributed by atoms with Crippen molar-refractivity contribution >= 4 is 33.8 Å². The molecule has 1 amide bonds. The van der Waals surface area contributed by atoms with Crippen molar-refractivity contribution in [2.45, 2.75) is 51.2 Å². The van der Waals surface area contributed by atoms with Crippen LogP contribution < -0.4 is 20.7 Å². The minimum absolute atomic E-state index is 0.00319. The highest BCUT2D eigenvalue weighted by molar-refractivity contribution is 6.00. The molecule has 0 unspecified atom stereocenters. The number of methoxy groups -OCH3 is 1. The van der Waals surface area contributed by atoms with E-state index in [9.17, 15) is 4.79 Å². The van der Waals surface area contributed by atoms with E-state index in [1.165, 1.54) is 12.8 Å². The first-order valence-electron chi connectivity index (χ1n) is 16.9. The monoisotopic (exact) mass is 633 g/mol. The van der Waals surface area contributed by atoms with Crippen LogP contribution in [-0.2, 0) is 13.6 Å². The highest BCUT2D eigenvalue weighted by Gasteiger charge is 2.30. The van der Waals surface area contributed by atoms with Gasteiger partial charge in [-0.1, -0.05) is 0 Å². The molecule has 2 saturated heterocycles. The SMILES string of the molecule is COc1cc(C(=O)N2C[C@H](N)CC[C@@H]2C)cc2nc(-c3cc4ccc(-c5cccnc5N5CCNCC5)nc4n3CC3CC3)n(C)c12. The van der Waals surface area contributed by atoms with Crippen LogP contribution in [0.2, 0.25) is 0 Å². The summed E-state index contributed by atoms with van der Waals surface area (Å²) >= 11 is 0. The Morgan fingerprint density at radius 1 is 1.06 bits per heavy atom. The summed E-state index contributed by atoms with van der Waals surface area (Å²) in [6, 6.07) is 14.5. The Morgan fingerprint density at radius 3 is 2.68 bits per heavy atom. The van der Waals surface area contributed by atoms with Crippen LogP contribution in [0.15, 0.2) is 48.7 Å². The molecule has 4 aromatic heterocycles. The van der Waals surface area contributed by atoms with Crippen LogP contribution in [-0.4, -0.2) is 86.8 Å². The maximum atomic E-state index is 13.8. The third-order valence-electron chi connectivity index (χ3n) is 10.2. The number of rotatable bonds is 7. The minimum Gasteiger partial charge on any atom is -0.494 e. The van der Waals surface area contributed by atoms with Gasteiger partial charge in [-0.15, -0.1) is 0 Å². The van der Waals surface area contributed by atoms with Crippen molar-refractivity contribution in [3.05, 3.63) is 54.2 Å². The Hall–Kier alpha value is -4.48. The summed E-state index contributed by atoms with van der Waals surface area (Å²) in [7, 11) is 3.67. The molecule has 3 fully saturated rings. The van der Waals surface area contributed by atoms with Crippen molar-refractivity contribution in [1.82, 2.24) is 34.3 Å². The second kappa shape index (κ2) is 12.0. The molecule has 3 aliphatic rings. The van der Waals surface area contributed by atoms with Crippen molar-refractivity contribution < 1.29 is 9.53 Å². The van der Waals surface area contributed by atoms with Crippen LogP contribution in [0, 0.1) is 5.92 Å². The van der Waals surface area contributed by atoms with Gasteiger partial charge in [0.15, 0.2) is 5.82 Å². The maximum Gasteiger partial charge on any atom is 0.254 e. The number of carbonyl (C=O) groups excluding carboxylic acids is 1. The summed E-state index contributed by atoms with van der Waals surface area (Å²) in [6.45, 7) is 7.26. The van der Waals surface area contributed by atoms with Crippen molar-refractivity contribution in [2.24, 2.45) is 18.7 Å². The fourth-order valence-corrected chi connectivity index (χ4v) is 7.33. The number of aryl methyl sites for hydroxylation is 1. The Kier molecular flexibility index (Phi) is 7.60. The fourth-order valence-electron chi connectivity index (χ4n) is 7.33. The number of amides is 1. The fraction of sp³-hybridized carbons (Fsp3) is 0.444. The lowest BCUT2D eigenvalue weighted by Crippen LogP contribution is -2.50. The molecular weight excluding hydrogens is 590 g/mol. The third kappa shape index (κ3) is 5.41. The molecule has 47 heavy (non-hydrogen) atoms. The summed E-state index contributed by atoms with van der Waals surface area (Å²) in [5.41, 5.74) is 12.3. The van der Waals surface area contributed by atoms with Crippen LogP contribution >= 0.6 is 0 Å². The molecule has 11 heteroatoms. The highest BCUT2D eigenvalue weighted by atomic mass is 16.5. The number of hydrogen-bond donors (Lipinski definition) is 2. The van der Waals surface area contributed by atoms with E-state index >= 15 is 0 Å². The van der Waals surface area contributed by atoms with Gasteiger partial charge in [0.05, 0.1) is 24.0 Å². The second-order valence-electron chi connectivity index (χ2n) is 13.5. The average molecular weight is 634 g/mol. The zero-order chi connectivity index (χ0) is 32.2. The molecule has 0 radical (unpaired) electrons. The number of piperazine rings is 1. The Morgan fingerprint density at radius 2 is 1.89 bits per heavy atom. The average Bonchev–Trinajstić information content (AvgIpc) is 3.78. The number of imidazole rings is 1. The Bertz CT molecular complexity index is 1970. The van der Waals surface area contributed by atoms with Crippen LogP contribution in [0.3, 0.4) is 0 Å². The maximum absolute atomic E-state index is 13.8. The Balaban J connectivity index is 1.23. The topological polar surface area (TPSA) is 119 Å². The zero-order valence-electron chi connectivity index (χ0n) is 27.4. The van der Waals surface area contributed by atoms with Gasteiger partial charge in [-0.05, 0) is 81.0 Å². The third-order valence-corrected chi connectivity index (χ3v) is 10.2. The summed E-state index contributed by atoms with van der Waals surface area (Å²) in [5.74, 6) is 3.02. The first-order chi connectivity index (χ1) is 22.9. The lowest BCUT2D eigenvalue weighted by molar-refractivity contribution is 0.0612. The Labute approximate surface area is 274 Å². The van der Waals surface area contributed by atoms with E-state index in [-0.39, 0.29) is 18.0 Å². The van der Waals surface area contributed by atoms with E-state index in [1.54, 1.807) is 7.11 Å². The molecule has 2 atom stereocenters. The van der Waals surface area contributed by atoms with E-state index < -0.39 is 0 Å². The van der Waals surface area contributed by atoms with E-state index in [1.807, 2.05) is 36.3 Å². The number of likely N-dealkylation sites (tertiary alicyclic amines) is 1. The lowest BCUT2D eigenvalue weighted by atomic mass is 9.99. The number of piperidine rings is 1. The van der Waals surface area contributed by atoms with E-state index in [2.05, 4.69) is 50.5 Å². The molecule has 1 saturated carbocycles. The number of fused-ring (bicyclic) bond motifs is 2. The number of hydrogen-bond acceptors (Lipinski definition) is 8. The summed E-state index contributed by atoms with van der Waals surface area (Å²) in [4.78, 5) is 33.3. The van der Waals surface area contributed by atoms with Gasteiger partial charge in [0.25, 0.3) is 5.91 Å². The lowest BCUT2D eigenvalue weighted by Gasteiger charge is -2.36. The molecule has 11 nitrogen and oxygen atoms in total. The number of ether oxygens (including phenoxy) is 1. The van der Waals surface area contributed by atoms with E-state index in [4.69, 9.17) is 25.4 Å². The molecular formula is C36H43N9O2. The normalized spacial score (nSPS) is 20.3. The number of nitrogens with one attached hydrogen (secondary N) is 1. The predicted octanol–water partition coefficient (Wildman–Crippen LogP) is 4.43. The summed E-state index contributed by atoms with van der Waals surface area (Å²) in [5, 5.41) is 4.51. The van der Waals surface area contributed by atoms with Gasteiger partial charge in [0, 0.05) is 81.1 Å². The molecule has 1 aliphatic carbocycles. The minimum atomic E-state index is -0.0322. The molecule has 1 aromatic carbocycles. The molecule has 3 N–H and O–H groups in total. The van der Waals surface area contributed by atoms with Crippen LogP contribution in [0.25, 0.3) is 44.8 Å². The van der Waals surface area contributed by atoms with Gasteiger partial charge < -0.3 is 34.7 Å². The first kappa shape index (κ1) is 29.9. The van der Waals surface area contributed by atoms with Crippen LogP contribution in [0.4, 0.5) is 5.82 Å². The van der Waals surface area contributed by atoms with Gasteiger partial charge in [0.1, 0.15) is 22.7 Å². The van der Waals surface area contributed by atoms with Crippen molar-refractivity contribution in [1.29, 1.82) is 0 Å². The van der Waals surface area contributed by atoms with Gasteiger partial charge >= 0.3 is 0 Å². The van der Waals surface area contributed by atoms with Gasteiger partial charge in [-0.2, -0.15) is 0 Å². The molecule has 8 rings (SSSR count).